The Labute approximate surface area is 196 Å². The third-order valence-corrected chi connectivity index (χ3v) is 6.38. The summed E-state index contributed by atoms with van der Waals surface area (Å²) in [4.78, 5) is 13.2. The molecule has 0 radical (unpaired) electrons. The molecule has 0 bridgehead atoms. The molecule has 0 atom stereocenters. The number of benzene rings is 2. The van der Waals surface area contributed by atoms with Crippen molar-refractivity contribution in [1.82, 2.24) is 18.9 Å². The van der Waals surface area contributed by atoms with E-state index in [0.717, 1.165) is 45.4 Å². The lowest BCUT2D eigenvalue weighted by Gasteiger charge is -2.08. The van der Waals surface area contributed by atoms with Crippen molar-refractivity contribution in [2.75, 3.05) is 6.61 Å². The highest BCUT2D eigenvalue weighted by Crippen LogP contribution is 2.33. The van der Waals surface area contributed by atoms with Crippen LogP contribution in [0.25, 0.3) is 44.3 Å². The molecule has 5 rings (SSSR count). The first kappa shape index (κ1) is 22.1. The van der Waals surface area contributed by atoms with Crippen molar-refractivity contribution in [3.05, 3.63) is 76.5 Å². The summed E-state index contributed by atoms with van der Waals surface area (Å²) in [6, 6.07) is 16.4. The van der Waals surface area contributed by atoms with Crippen molar-refractivity contribution in [3.63, 3.8) is 0 Å². The first-order valence-corrected chi connectivity index (χ1v) is 11.5. The average Bonchev–Trinajstić information content (AvgIpc) is 3.39. The van der Waals surface area contributed by atoms with E-state index in [1.165, 1.54) is 12.1 Å². The SMILES string of the molecule is CCOCc1cc(-c2ccc3c(c2)c2cc(-c4ccc(F)cc4)c(=O)n(C)c2n3C)n(CC)n1. The zero-order chi connectivity index (χ0) is 24.0. The highest BCUT2D eigenvalue weighted by Gasteiger charge is 2.18. The summed E-state index contributed by atoms with van der Waals surface area (Å²) in [7, 11) is 3.75. The van der Waals surface area contributed by atoms with Crippen LogP contribution in [-0.4, -0.2) is 25.5 Å². The van der Waals surface area contributed by atoms with Gasteiger partial charge in [0.1, 0.15) is 11.5 Å². The van der Waals surface area contributed by atoms with Gasteiger partial charge in [0.05, 0.1) is 23.5 Å². The van der Waals surface area contributed by atoms with Gasteiger partial charge in [-0.1, -0.05) is 18.2 Å². The summed E-state index contributed by atoms with van der Waals surface area (Å²) < 4.78 is 24.7. The van der Waals surface area contributed by atoms with Crippen molar-refractivity contribution in [1.29, 1.82) is 0 Å². The normalized spacial score (nSPS) is 11.7. The summed E-state index contributed by atoms with van der Waals surface area (Å²) in [6.07, 6.45) is 0. The molecule has 0 N–H and O–H groups in total. The van der Waals surface area contributed by atoms with Crippen LogP contribution in [0.3, 0.4) is 0 Å². The maximum Gasteiger partial charge on any atom is 0.259 e. The number of pyridine rings is 1. The molecule has 0 aliphatic heterocycles. The number of ether oxygens (including phenoxy) is 1. The van der Waals surface area contributed by atoms with Crippen molar-refractivity contribution < 1.29 is 9.13 Å². The number of hydrogen-bond donors (Lipinski definition) is 0. The van der Waals surface area contributed by atoms with E-state index < -0.39 is 0 Å². The van der Waals surface area contributed by atoms with E-state index >= 15 is 0 Å². The Bertz CT molecular complexity index is 1580. The predicted octanol–water partition coefficient (Wildman–Crippen LogP) is 5.26. The summed E-state index contributed by atoms with van der Waals surface area (Å²) in [5.74, 6) is -0.326. The Morgan fingerprint density at radius 1 is 0.912 bits per heavy atom. The highest BCUT2D eigenvalue weighted by molar-refractivity contribution is 6.09. The Kier molecular flexibility index (Phi) is 5.57. The molecule has 3 heterocycles. The van der Waals surface area contributed by atoms with Gasteiger partial charge in [0.25, 0.3) is 5.56 Å². The lowest BCUT2D eigenvalue weighted by molar-refractivity contribution is 0.131. The second-order valence-corrected chi connectivity index (χ2v) is 8.43. The van der Waals surface area contributed by atoms with Crippen molar-refractivity contribution >= 4 is 21.9 Å². The first-order chi connectivity index (χ1) is 16.4. The molecule has 3 aromatic heterocycles. The zero-order valence-corrected chi connectivity index (χ0v) is 19.8. The third kappa shape index (κ3) is 3.53. The molecule has 0 saturated carbocycles. The van der Waals surface area contributed by atoms with Crippen LogP contribution in [0.15, 0.2) is 59.4 Å². The lowest BCUT2D eigenvalue weighted by Crippen LogP contribution is -2.20. The first-order valence-electron chi connectivity index (χ1n) is 11.5. The molecule has 0 saturated heterocycles. The number of fused-ring (bicyclic) bond motifs is 3. The van der Waals surface area contributed by atoms with Gasteiger partial charge in [0.2, 0.25) is 0 Å². The van der Waals surface area contributed by atoms with E-state index in [1.807, 2.05) is 29.3 Å². The van der Waals surface area contributed by atoms with E-state index in [0.29, 0.717) is 24.3 Å². The maximum atomic E-state index is 13.5. The Hall–Kier alpha value is -3.71. The fraction of sp³-hybridized carbons (Fsp3) is 0.259. The Morgan fingerprint density at radius 3 is 2.35 bits per heavy atom. The summed E-state index contributed by atoms with van der Waals surface area (Å²) >= 11 is 0. The maximum absolute atomic E-state index is 13.5. The minimum atomic E-state index is -0.326. The molecule has 5 aromatic rings. The third-order valence-electron chi connectivity index (χ3n) is 6.38. The van der Waals surface area contributed by atoms with Gasteiger partial charge in [-0.25, -0.2) is 4.39 Å². The highest BCUT2D eigenvalue weighted by atomic mass is 19.1. The van der Waals surface area contributed by atoms with Gasteiger partial charge in [0.15, 0.2) is 0 Å². The lowest BCUT2D eigenvalue weighted by atomic mass is 10.0. The molecule has 0 aliphatic rings. The van der Waals surface area contributed by atoms with Crippen LogP contribution < -0.4 is 5.56 Å². The van der Waals surface area contributed by atoms with Crippen molar-refractivity contribution in [2.24, 2.45) is 14.1 Å². The van der Waals surface area contributed by atoms with Gasteiger partial charge >= 0.3 is 0 Å². The number of hydrogen-bond acceptors (Lipinski definition) is 3. The number of aryl methyl sites for hydroxylation is 3. The van der Waals surface area contributed by atoms with Gasteiger partial charge in [-0.05, 0) is 55.8 Å². The number of halogens is 1. The largest absolute Gasteiger partial charge is 0.375 e. The van der Waals surface area contributed by atoms with Gasteiger partial charge in [0, 0.05) is 49.1 Å². The zero-order valence-electron chi connectivity index (χ0n) is 19.8. The van der Waals surface area contributed by atoms with Crippen LogP contribution in [0.1, 0.15) is 19.5 Å². The molecular weight excluding hydrogens is 431 g/mol. The van der Waals surface area contributed by atoms with Gasteiger partial charge in [-0.15, -0.1) is 0 Å². The van der Waals surface area contributed by atoms with Crippen LogP contribution in [-0.2, 0) is 32.0 Å². The monoisotopic (exact) mass is 458 g/mol. The smallest absolute Gasteiger partial charge is 0.259 e. The molecule has 7 heteroatoms. The molecule has 0 amide bonds. The van der Waals surface area contributed by atoms with Crippen molar-refractivity contribution in [2.45, 2.75) is 27.0 Å². The summed E-state index contributed by atoms with van der Waals surface area (Å²) in [6.45, 7) is 5.92. The van der Waals surface area contributed by atoms with Gasteiger partial charge in [-0.3, -0.25) is 14.0 Å². The van der Waals surface area contributed by atoms with Gasteiger partial charge in [-0.2, -0.15) is 5.10 Å². The van der Waals surface area contributed by atoms with E-state index in [-0.39, 0.29) is 11.4 Å². The summed E-state index contributed by atoms with van der Waals surface area (Å²) in [5, 5.41) is 6.70. The quantitative estimate of drug-likeness (QED) is 0.349. The molecular formula is C27H27FN4O2. The molecule has 6 nitrogen and oxygen atoms in total. The molecule has 0 fully saturated rings. The Balaban J connectivity index is 1.74. The average molecular weight is 459 g/mol. The van der Waals surface area contributed by atoms with E-state index in [9.17, 15) is 9.18 Å². The van der Waals surface area contributed by atoms with Crippen LogP contribution >= 0.6 is 0 Å². The van der Waals surface area contributed by atoms with E-state index in [1.54, 1.807) is 23.7 Å². The molecule has 174 valence electrons. The standard InChI is InChI=1S/C27H27FN4O2/c1-5-32-25(14-20(29-32)16-34-6-2)18-9-12-24-22(13-18)23-15-21(17-7-10-19(28)11-8-17)27(33)31(4)26(23)30(24)3/h7-15H,5-6,16H2,1-4H3. The molecule has 34 heavy (non-hydrogen) atoms. The molecule has 2 aromatic carbocycles. The van der Waals surface area contributed by atoms with E-state index in [4.69, 9.17) is 4.74 Å². The molecule has 0 unspecified atom stereocenters. The topological polar surface area (TPSA) is 54.0 Å². The number of aromatic nitrogens is 4. The second kappa shape index (κ2) is 8.57. The summed E-state index contributed by atoms with van der Waals surface area (Å²) in [5.41, 5.74) is 5.97. The number of nitrogens with zero attached hydrogens (tertiary/aromatic N) is 4. The van der Waals surface area contributed by atoms with Crippen molar-refractivity contribution in [3.8, 4) is 22.4 Å². The van der Waals surface area contributed by atoms with Crippen LogP contribution in [0.4, 0.5) is 4.39 Å². The minimum Gasteiger partial charge on any atom is -0.375 e. The Morgan fingerprint density at radius 2 is 1.65 bits per heavy atom. The fourth-order valence-corrected chi connectivity index (χ4v) is 4.71. The number of rotatable bonds is 6. The van der Waals surface area contributed by atoms with Gasteiger partial charge < -0.3 is 9.30 Å². The molecule has 0 spiro atoms. The molecule has 0 aliphatic carbocycles. The minimum absolute atomic E-state index is 0.116. The van der Waals surface area contributed by atoms with Crippen LogP contribution in [0.5, 0.6) is 0 Å². The van der Waals surface area contributed by atoms with Crippen LogP contribution in [0.2, 0.25) is 0 Å². The van der Waals surface area contributed by atoms with Crippen LogP contribution in [0, 0.1) is 5.82 Å². The van der Waals surface area contributed by atoms with E-state index in [2.05, 4.69) is 36.3 Å². The predicted molar refractivity (Wildman–Crippen MR) is 133 cm³/mol. The second-order valence-electron chi connectivity index (χ2n) is 8.43. The fourth-order valence-electron chi connectivity index (χ4n) is 4.71.